The van der Waals surface area contributed by atoms with Crippen molar-refractivity contribution in [2.24, 2.45) is 5.92 Å². The number of hydrogen-bond donors (Lipinski definition) is 1. The maximum atomic E-state index is 11.1. The van der Waals surface area contributed by atoms with E-state index in [1.54, 1.807) is 0 Å². The minimum absolute atomic E-state index is 0.0651. The van der Waals surface area contributed by atoms with Crippen LogP contribution in [0.3, 0.4) is 0 Å². The molecule has 1 saturated carbocycles. The SMILES string of the molecule is CC(=O)C1(O)CCCCC1C. The Morgan fingerprint density at radius 1 is 1.55 bits per heavy atom. The number of hydrogen-bond acceptors (Lipinski definition) is 2. The molecule has 0 bridgehead atoms. The second-order valence-corrected chi connectivity index (χ2v) is 3.63. The van der Waals surface area contributed by atoms with Crippen LogP contribution in [0.2, 0.25) is 0 Å². The van der Waals surface area contributed by atoms with Crippen LogP contribution in [0.1, 0.15) is 39.5 Å². The fourth-order valence-corrected chi connectivity index (χ4v) is 1.85. The molecule has 2 heteroatoms. The molecule has 0 radical (unpaired) electrons. The predicted molar refractivity (Wildman–Crippen MR) is 43.3 cm³/mol. The third-order valence-corrected chi connectivity index (χ3v) is 2.87. The van der Waals surface area contributed by atoms with Gasteiger partial charge in [-0.05, 0) is 25.7 Å². The lowest BCUT2D eigenvalue weighted by molar-refractivity contribution is -0.144. The van der Waals surface area contributed by atoms with E-state index in [9.17, 15) is 9.90 Å². The van der Waals surface area contributed by atoms with Crippen molar-refractivity contribution in [3.8, 4) is 0 Å². The minimum Gasteiger partial charge on any atom is -0.382 e. The van der Waals surface area contributed by atoms with Crippen molar-refractivity contribution in [1.82, 2.24) is 0 Å². The van der Waals surface area contributed by atoms with Crippen molar-refractivity contribution >= 4 is 5.78 Å². The Balaban J connectivity index is 2.72. The standard InChI is InChI=1S/C9H16O2/c1-7-5-3-4-6-9(7,11)8(2)10/h7,11H,3-6H2,1-2H3. The monoisotopic (exact) mass is 156 g/mol. The molecule has 0 amide bonds. The van der Waals surface area contributed by atoms with Gasteiger partial charge in [0.25, 0.3) is 0 Å². The highest BCUT2D eigenvalue weighted by molar-refractivity contribution is 5.85. The van der Waals surface area contributed by atoms with E-state index in [2.05, 4.69) is 0 Å². The third kappa shape index (κ3) is 1.45. The average molecular weight is 156 g/mol. The maximum absolute atomic E-state index is 11.1. The molecule has 2 unspecified atom stereocenters. The fraction of sp³-hybridized carbons (Fsp3) is 0.889. The summed E-state index contributed by atoms with van der Waals surface area (Å²) in [7, 11) is 0. The summed E-state index contributed by atoms with van der Waals surface area (Å²) in [6, 6.07) is 0. The Morgan fingerprint density at radius 2 is 2.18 bits per heavy atom. The Bertz CT molecular complexity index is 165. The summed E-state index contributed by atoms with van der Waals surface area (Å²) < 4.78 is 0. The van der Waals surface area contributed by atoms with Crippen molar-refractivity contribution in [3.63, 3.8) is 0 Å². The van der Waals surface area contributed by atoms with E-state index in [-0.39, 0.29) is 11.7 Å². The lowest BCUT2D eigenvalue weighted by Gasteiger charge is -2.35. The summed E-state index contributed by atoms with van der Waals surface area (Å²) in [6.45, 7) is 3.45. The Hall–Kier alpha value is -0.370. The van der Waals surface area contributed by atoms with E-state index in [4.69, 9.17) is 0 Å². The van der Waals surface area contributed by atoms with Crippen LogP contribution in [-0.4, -0.2) is 16.5 Å². The van der Waals surface area contributed by atoms with Gasteiger partial charge in [0.1, 0.15) is 5.60 Å². The molecule has 0 aliphatic heterocycles. The number of Topliss-reactive ketones (excluding diaryl/α,β-unsaturated/α-hetero) is 1. The molecule has 64 valence electrons. The highest BCUT2D eigenvalue weighted by Gasteiger charge is 2.39. The zero-order valence-electron chi connectivity index (χ0n) is 7.26. The lowest BCUT2D eigenvalue weighted by atomic mass is 9.74. The van der Waals surface area contributed by atoms with Gasteiger partial charge in [-0.15, -0.1) is 0 Å². The smallest absolute Gasteiger partial charge is 0.161 e. The summed E-state index contributed by atoms with van der Waals surface area (Å²) >= 11 is 0. The molecule has 1 aliphatic rings. The van der Waals surface area contributed by atoms with Crippen molar-refractivity contribution in [3.05, 3.63) is 0 Å². The average Bonchev–Trinajstić information content (AvgIpc) is 1.95. The van der Waals surface area contributed by atoms with E-state index in [1.807, 2.05) is 6.92 Å². The summed E-state index contributed by atoms with van der Waals surface area (Å²) in [5.74, 6) is 0.0819. The van der Waals surface area contributed by atoms with Gasteiger partial charge in [-0.1, -0.05) is 19.8 Å². The Kier molecular flexibility index (Phi) is 2.33. The van der Waals surface area contributed by atoms with Gasteiger partial charge in [0, 0.05) is 0 Å². The molecular formula is C9H16O2. The van der Waals surface area contributed by atoms with Crippen LogP contribution in [0.4, 0.5) is 0 Å². The van der Waals surface area contributed by atoms with Crippen LogP contribution >= 0.6 is 0 Å². The molecule has 1 N–H and O–H groups in total. The topological polar surface area (TPSA) is 37.3 Å². The highest BCUT2D eigenvalue weighted by Crippen LogP contribution is 2.33. The summed E-state index contributed by atoms with van der Waals surface area (Å²) in [5, 5.41) is 9.87. The van der Waals surface area contributed by atoms with E-state index in [1.165, 1.54) is 6.92 Å². The normalized spacial score (nSPS) is 38.6. The van der Waals surface area contributed by atoms with Crippen molar-refractivity contribution in [2.75, 3.05) is 0 Å². The minimum atomic E-state index is -1.00. The van der Waals surface area contributed by atoms with Crippen molar-refractivity contribution in [1.29, 1.82) is 0 Å². The predicted octanol–water partition coefficient (Wildman–Crippen LogP) is 1.52. The van der Waals surface area contributed by atoms with Gasteiger partial charge in [-0.25, -0.2) is 0 Å². The zero-order chi connectivity index (χ0) is 8.48. The van der Waals surface area contributed by atoms with Crippen LogP contribution in [0.5, 0.6) is 0 Å². The lowest BCUT2D eigenvalue weighted by Crippen LogP contribution is -2.45. The molecule has 1 fully saturated rings. The molecular weight excluding hydrogens is 140 g/mol. The first kappa shape index (κ1) is 8.72. The van der Waals surface area contributed by atoms with E-state index < -0.39 is 5.60 Å². The molecule has 1 aliphatic carbocycles. The van der Waals surface area contributed by atoms with Gasteiger partial charge < -0.3 is 5.11 Å². The number of ketones is 1. The van der Waals surface area contributed by atoms with Crippen molar-refractivity contribution < 1.29 is 9.90 Å². The quantitative estimate of drug-likeness (QED) is 0.625. The van der Waals surface area contributed by atoms with Crippen molar-refractivity contribution in [2.45, 2.75) is 45.1 Å². The molecule has 2 nitrogen and oxygen atoms in total. The van der Waals surface area contributed by atoms with E-state index in [0.717, 1.165) is 19.3 Å². The second-order valence-electron chi connectivity index (χ2n) is 3.63. The molecule has 0 heterocycles. The van der Waals surface area contributed by atoms with Crippen LogP contribution in [0.15, 0.2) is 0 Å². The second kappa shape index (κ2) is 2.94. The molecule has 0 spiro atoms. The van der Waals surface area contributed by atoms with Gasteiger partial charge in [-0.3, -0.25) is 4.79 Å². The summed E-state index contributed by atoms with van der Waals surface area (Å²) in [5.41, 5.74) is -1.00. The van der Waals surface area contributed by atoms with Gasteiger partial charge in [0.2, 0.25) is 0 Å². The molecule has 0 aromatic rings. The third-order valence-electron chi connectivity index (χ3n) is 2.87. The largest absolute Gasteiger partial charge is 0.382 e. The molecule has 11 heavy (non-hydrogen) atoms. The van der Waals surface area contributed by atoms with Crippen LogP contribution in [0.25, 0.3) is 0 Å². The molecule has 0 aromatic carbocycles. The number of carbonyl (C=O) groups excluding carboxylic acids is 1. The first-order valence-electron chi connectivity index (χ1n) is 4.31. The maximum Gasteiger partial charge on any atom is 0.161 e. The fourth-order valence-electron chi connectivity index (χ4n) is 1.85. The van der Waals surface area contributed by atoms with Gasteiger partial charge in [0.05, 0.1) is 0 Å². The summed E-state index contributed by atoms with van der Waals surface area (Å²) in [6.07, 6.45) is 3.77. The molecule has 0 saturated heterocycles. The number of aliphatic hydroxyl groups is 1. The van der Waals surface area contributed by atoms with Gasteiger partial charge in [-0.2, -0.15) is 0 Å². The van der Waals surface area contributed by atoms with Gasteiger partial charge in [0.15, 0.2) is 5.78 Å². The zero-order valence-corrected chi connectivity index (χ0v) is 7.26. The molecule has 1 rings (SSSR count). The Morgan fingerprint density at radius 3 is 2.55 bits per heavy atom. The first-order valence-corrected chi connectivity index (χ1v) is 4.31. The van der Waals surface area contributed by atoms with E-state index in [0.29, 0.717) is 6.42 Å². The molecule has 2 atom stereocenters. The Labute approximate surface area is 67.6 Å². The van der Waals surface area contributed by atoms with Crippen LogP contribution in [0, 0.1) is 5.92 Å². The van der Waals surface area contributed by atoms with E-state index >= 15 is 0 Å². The number of carbonyl (C=O) groups is 1. The first-order chi connectivity index (χ1) is 5.07. The number of rotatable bonds is 1. The van der Waals surface area contributed by atoms with Crippen LogP contribution < -0.4 is 0 Å². The van der Waals surface area contributed by atoms with Gasteiger partial charge >= 0.3 is 0 Å². The summed E-state index contributed by atoms with van der Waals surface area (Å²) in [4.78, 5) is 11.1. The highest BCUT2D eigenvalue weighted by atomic mass is 16.3. The van der Waals surface area contributed by atoms with Crippen LogP contribution in [-0.2, 0) is 4.79 Å². The molecule has 0 aromatic heterocycles.